The average Bonchev–Trinajstić information content (AvgIpc) is 3.40. The number of likely N-dealkylation sites (N-methyl/N-ethyl adjacent to an activating group) is 2. The molecule has 4 heterocycles. The van der Waals surface area contributed by atoms with Gasteiger partial charge in [0.05, 0.1) is 38.5 Å². The van der Waals surface area contributed by atoms with Gasteiger partial charge < -0.3 is 20.9 Å². The van der Waals surface area contributed by atoms with E-state index in [0.717, 1.165) is 58.6 Å². The number of pyridine rings is 1. The number of benzene rings is 2. The fourth-order valence-corrected chi connectivity index (χ4v) is 6.38. The summed E-state index contributed by atoms with van der Waals surface area (Å²) in [5, 5.41) is 6.93. The largest absolute Gasteiger partial charge is 0.382 e. The summed E-state index contributed by atoms with van der Waals surface area (Å²) in [5.41, 5.74) is 13.6. The Morgan fingerprint density at radius 1 is 1.00 bits per heavy atom. The fourth-order valence-electron chi connectivity index (χ4n) is 5.47. The number of nitrogens with two attached hydrogens (primary N) is 1. The average molecular weight is 538 g/mol. The quantitative estimate of drug-likeness (QED) is 0.289. The van der Waals surface area contributed by atoms with Crippen LogP contribution in [0.4, 0.5) is 22.9 Å². The molecule has 8 nitrogen and oxygen atoms in total. The van der Waals surface area contributed by atoms with Crippen molar-refractivity contribution in [3.05, 3.63) is 76.7 Å². The zero-order valence-corrected chi connectivity index (χ0v) is 23.2. The van der Waals surface area contributed by atoms with Gasteiger partial charge in [-0.3, -0.25) is 9.78 Å². The van der Waals surface area contributed by atoms with Crippen molar-refractivity contribution in [2.75, 3.05) is 47.0 Å². The molecule has 9 heteroatoms. The summed E-state index contributed by atoms with van der Waals surface area (Å²) in [6.45, 7) is 10.5. The number of aryl methyl sites for hydroxylation is 1. The smallest absolute Gasteiger partial charge is 0.258 e. The van der Waals surface area contributed by atoms with E-state index >= 15 is 0 Å². The SMILES string of the molecule is CCN1CCN(CC)c2cc(Cc3nccc4c(NC(=O)c5csc6c(N)ncnc56)c(C)ccc34)ccc21. The molecule has 1 aliphatic rings. The van der Waals surface area contributed by atoms with Crippen LogP contribution < -0.4 is 20.9 Å². The molecule has 0 fully saturated rings. The van der Waals surface area contributed by atoms with Crippen LogP contribution in [0.1, 0.15) is 41.0 Å². The third-order valence-corrected chi connectivity index (χ3v) is 8.59. The lowest BCUT2D eigenvalue weighted by atomic mass is 9.99. The molecule has 0 saturated heterocycles. The molecule has 3 N–H and O–H groups in total. The molecule has 5 aromatic rings. The first-order valence-corrected chi connectivity index (χ1v) is 14.2. The number of aromatic nitrogens is 3. The normalized spacial score (nSPS) is 13.2. The Bertz CT molecular complexity index is 1710. The van der Waals surface area contributed by atoms with E-state index in [2.05, 4.69) is 63.2 Å². The second-order valence-corrected chi connectivity index (χ2v) is 10.7. The number of amides is 1. The van der Waals surface area contributed by atoms with Crippen molar-refractivity contribution in [3.8, 4) is 0 Å². The molecule has 0 atom stereocenters. The lowest BCUT2D eigenvalue weighted by Crippen LogP contribution is -2.40. The Labute approximate surface area is 231 Å². The Morgan fingerprint density at radius 2 is 1.79 bits per heavy atom. The Hall–Kier alpha value is -4.24. The van der Waals surface area contributed by atoms with Crippen LogP contribution in [0.3, 0.4) is 0 Å². The number of hydrogen-bond acceptors (Lipinski definition) is 8. The molecule has 0 spiro atoms. The van der Waals surface area contributed by atoms with Crippen LogP contribution >= 0.6 is 11.3 Å². The highest BCUT2D eigenvalue weighted by Gasteiger charge is 2.22. The lowest BCUT2D eigenvalue weighted by Gasteiger charge is -2.38. The van der Waals surface area contributed by atoms with Crippen molar-refractivity contribution in [3.63, 3.8) is 0 Å². The maximum Gasteiger partial charge on any atom is 0.258 e. The first-order valence-electron chi connectivity index (χ1n) is 13.3. The molecule has 0 bridgehead atoms. The number of nitrogens with one attached hydrogen (secondary N) is 1. The lowest BCUT2D eigenvalue weighted by molar-refractivity contribution is 0.102. The first-order chi connectivity index (χ1) is 19.0. The van der Waals surface area contributed by atoms with Gasteiger partial charge in [-0.1, -0.05) is 18.2 Å². The summed E-state index contributed by atoms with van der Waals surface area (Å²) in [6.07, 6.45) is 3.93. The number of nitrogen functional groups attached to an aromatic ring is 1. The minimum Gasteiger partial charge on any atom is -0.382 e. The molecule has 0 unspecified atom stereocenters. The first kappa shape index (κ1) is 25.1. The number of rotatable bonds is 6. The van der Waals surface area contributed by atoms with Gasteiger partial charge in [0.2, 0.25) is 0 Å². The van der Waals surface area contributed by atoms with Crippen molar-refractivity contribution >= 4 is 61.1 Å². The van der Waals surface area contributed by atoms with Crippen molar-refractivity contribution < 1.29 is 4.79 Å². The van der Waals surface area contributed by atoms with Crippen LogP contribution in [0, 0.1) is 6.92 Å². The molecule has 2 aromatic carbocycles. The minimum atomic E-state index is -0.219. The molecule has 0 saturated carbocycles. The zero-order valence-electron chi connectivity index (χ0n) is 22.4. The number of thiophene rings is 1. The second-order valence-electron chi connectivity index (χ2n) is 9.81. The highest BCUT2D eigenvalue weighted by Crippen LogP contribution is 2.36. The van der Waals surface area contributed by atoms with Gasteiger partial charge in [0.25, 0.3) is 5.91 Å². The molecule has 6 rings (SSSR count). The Morgan fingerprint density at radius 3 is 2.59 bits per heavy atom. The van der Waals surface area contributed by atoms with E-state index in [0.29, 0.717) is 23.3 Å². The standard InChI is InChI=1S/C30H31N7OS/c1-4-36-12-13-37(5-2)25-15-19(7-9-24(25)36)14-23-20-8-6-18(3)26(21(20)10-11-32-23)35-30(38)22-16-39-28-27(22)33-17-34-29(28)31/h6-11,15-17H,4-5,12-14H2,1-3H3,(H,35,38)(H2,31,33,34). The van der Waals surface area contributed by atoms with Crippen LogP contribution in [-0.2, 0) is 6.42 Å². The molecular formula is C30H31N7OS. The van der Waals surface area contributed by atoms with Gasteiger partial charge in [0, 0.05) is 54.9 Å². The van der Waals surface area contributed by atoms with Crippen LogP contribution in [0.15, 0.2) is 54.3 Å². The molecule has 198 valence electrons. The highest BCUT2D eigenvalue weighted by atomic mass is 32.1. The number of nitrogens with zero attached hydrogens (tertiary/aromatic N) is 5. The van der Waals surface area contributed by atoms with Gasteiger partial charge in [-0.15, -0.1) is 11.3 Å². The molecule has 1 amide bonds. The van der Waals surface area contributed by atoms with Gasteiger partial charge in [-0.25, -0.2) is 9.97 Å². The Balaban J connectivity index is 1.35. The van der Waals surface area contributed by atoms with Gasteiger partial charge in [-0.05, 0) is 50.1 Å². The summed E-state index contributed by atoms with van der Waals surface area (Å²) in [6, 6.07) is 12.9. The van der Waals surface area contributed by atoms with E-state index in [9.17, 15) is 4.79 Å². The molecule has 39 heavy (non-hydrogen) atoms. The van der Waals surface area contributed by atoms with E-state index in [1.807, 2.05) is 25.3 Å². The minimum absolute atomic E-state index is 0.219. The van der Waals surface area contributed by atoms with Gasteiger partial charge in [0.15, 0.2) is 0 Å². The van der Waals surface area contributed by atoms with E-state index in [1.54, 1.807) is 5.38 Å². The molecule has 1 aliphatic heterocycles. The van der Waals surface area contributed by atoms with Crippen LogP contribution in [0.2, 0.25) is 0 Å². The maximum atomic E-state index is 13.4. The van der Waals surface area contributed by atoms with Crippen molar-refractivity contribution in [1.82, 2.24) is 15.0 Å². The van der Waals surface area contributed by atoms with Gasteiger partial charge in [-0.2, -0.15) is 0 Å². The molecule has 0 aliphatic carbocycles. The van der Waals surface area contributed by atoms with E-state index in [4.69, 9.17) is 10.7 Å². The molecule has 0 radical (unpaired) electrons. The maximum absolute atomic E-state index is 13.4. The van der Waals surface area contributed by atoms with E-state index in [1.165, 1.54) is 34.6 Å². The highest BCUT2D eigenvalue weighted by molar-refractivity contribution is 7.18. The second kappa shape index (κ2) is 10.1. The number of hydrogen-bond donors (Lipinski definition) is 2. The zero-order chi connectivity index (χ0) is 27.1. The van der Waals surface area contributed by atoms with Crippen molar-refractivity contribution in [1.29, 1.82) is 0 Å². The van der Waals surface area contributed by atoms with E-state index in [-0.39, 0.29) is 5.91 Å². The topological polar surface area (TPSA) is 100 Å². The number of fused-ring (bicyclic) bond motifs is 3. The third kappa shape index (κ3) is 4.42. The van der Waals surface area contributed by atoms with Crippen LogP contribution in [0.25, 0.3) is 21.0 Å². The van der Waals surface area contributed by atoms with E-state index < -0.39 is 0 Å². The molecule has 3 aromatic heterocycles. The summed E-state index contributed by atoms with van der Waals surface area (Å²) in [7, 11) is 0. The van der Waals surface area contributed by atoms with Gasteiger partial charge in [0.1, 0.15) is 12.1 Å². The predicted octanol–water partition coefficient (Wildman–Crippen LogP) is 5.64. The number of anilines is 4. The van der Waals surface area contributed by atoms with Crippen LogP contribution in [-0.4, -0.2) is 47.0 Å². The summed E-state index contributed by atoms with van der Waals surface area (Å²) >= 11 is 1.38. The summed E-state index contributed by atoms with van der Waals surface area (Å²) < 4.78 is 0.720. The van der Waals surface area contributed by atoms with Crippen molar-refractivity contribution in [2.24, 2.45) is 0 Å². The Kier molecular flexibility index (Phi) is 6.52. The monoisotopic (exact) mass is 537 g/mol. The number of carbonyl (C=O) groups excluding carboxylic acids is 1. The summed E-state index contributed by atoms with van der Waals surface area (Å²) in [5.74, 6) is 0.163. The van der Waals surface area contributed by atoms with Crippen LogP contribution in [0.5, 0.6) is 0 Å². The van der Waals surface area contributed by atoms with Gasteiger partial charge >= 0.3 is 0 Å². The fraction of sp³-hybridized carbons (Fsp3) is 0.267. The summed E-state index contributed by atoms with van der Waals surface area (Å²) in [4.78, 5) is 31.4. The van der Waals surface area contributed by atoms with Crippen molar-refractivity contribution in [2.45, 2.75) is 27.2 Å². The third-order valence-electron chi connectivity index (χ3n) is 7.60. The molecular weight excluding hydrogens is 506 g/mol. The predicted molar refractivity (Wildman–Crippen MR) is 161 cm³/mol. The number of carbonyl (C=O) groups is 1.